The molecule has 0 bridgehead atoms. The van der Waals surface area contributed by atoms with Gasteiger partial charge in [-0.2, -0.15) is 0 Å². The topological polar surface area (TPSA) is 24.5 Å². The predicted molar refractivity (Wildman–Crippen MR) is 63.1 cm³/mol. The molecular formula is C10H21BrN2O. The molecule has 1 N–H and O–H groups in total. The molecule has 1 aliphatic rings. The molecule has 1 saturated heterocycles. The van der Waals surface area contributed by atoms with Gasteiger partial charge in [-0.15, -0.1) is 0 Å². The van der Waals surface area contributed by atoms with Gasteiger partial charge < -0.3 is 10.1 Å². The highest BCUT2D eigenvalue weighted by molar-refractivity contribution is 9.09. The summed E-state index contributed by atoms with van der Waals surface area (Å²) >= 11 is 3.45. The van der Waals surface area contributed by atoms with Gasteiger partial charge in [-0.05, 0) is 13.5 Å². The van der Waals surface area contributed by atoms with E-state index in [1.54, 1.807) is 0 Å². The summed E-state index contributed by atoms with van der Waals surface area (Å²) in [5.74, 6) is 0. The average Bonchev–Trinajstić information content (AvgIpc) is 2.26. The van der Waals surface area contributed by atoms with Gasteiger partial charge in [-0.1, -0.05) is 22.9 Å². The third kappa shape index (κ3) is 4.26. The zero-order valence-electron chi connectivity index (χ0n) is 9.13. The van der Waals surface area contributed by atoms with Crippen LogP contribution in [0.3, 0.4) is 0 Å². The van der Waals surface area contributed by atoms with Crippen molar-refractivity contribution in [2.75, 3.05) is 38.1 Å². The van der Waals surface area contributed by atoms with Crippen molar-refractivity contribution in [1.29, 1.82) is 0 Å². The van der Waals surface area contributed by atoms with Crippen molar-refractivity contribution < 1.29 is 4.74 Å². The number of halogens is 1. The molecule has 1 fully saturated rings. The molecule has 0 aromatic heterocycles. The van der Waals surface area contributed by atoms with E-state index < -0.39 is 0 Å². The zero-order valence-corrected chi connectivity index (χ0v) is 10.7. The molecule has 1 heterocycles. The number of alkyl halides is 1. The highest BCUT2D eigenvalue weighted by Crippen LogP contribution is 2.04. The van der Waals surface area contributed by atoms with E-state index in [2.05, 4.69) is 40.0 Å². The summed E-state index contributed by atoms with van der Waals surface area (Å²) in [4.78, 5) is 2.44. The smallest absolute Gasteiger partial charge is 0.0826 e. The number of ether oxygens (including phenoxy) is 1. The van der Waals surface area contributed by atoms with E-state index in [0.717, 1.165) is 38.1 Å². The first-order valence-electron chi connectivity index (χ1n) is 5.39. The van der Waals surface area contributed by atoms with Crippen molar-refractivity contribution in [2.24, 2.45) is 0 Å². The Bertz CT molecular complexity index is 157. The molecule has 0 radical (unpaired) electrons. The second-order valence-corrected chi connectivity index (χ2v) is 4.50. The first kappa shape index (κ1) is 12.4. The minimum atomic E-state index is 0.366. The molecule has 0 spiro atoms. The minimum absolute atomic E-state index is 0.366. The summed E-state index contributed by atoms with van der Waals surface area (Å²) in [5, 5.41) is 4.45. The van der Waals surface area contributed by atoms with Crippen molar-refractivity contribution >= 4 is 15.9 Å². The fraction of sp³-hybridized carbons (Fsp3) is 1.00. The second-order valence-electron chi connectivity index (χ2n) is 3.85. The summed E-state index contributed by atoms with van der Waals surface area (Å²) < 4.78 is 5.69. The van der Waals surface area contributed by atoms with Crippen LogP contribution in [-0.2, 0) is 4.74 Å². The fourth-order valence-electron chi connectivity index (χ4n) is 1.58. The number of hydrogen-bond donors (Lipinski definition) is 1. The molecule has 3 nitrogen and oxygen atoms in total. The van der Waals surface area contributed by atoms with Gasteiger partial charge >= 0.3 is 0 Å². The molecule has 84 valence electrons. The van der Waals surface area contributed by atoms with E-state index in [-0.39, 0.29) is 0 Å². The van der Waals surface area contributed by atoms with Crippen LogP contribution in [0.25, 0.3) is 0 Å². The van der Waals surface area contributed by atoms with Crippen LogP contribution in [-0.4, -0.2) is 55.2 Å². The fourth-order valence-corrected chi connectivity index (χ4v) is 1.81. The Hall–Kier alpha value is 0.360. The number of hydrogen-bond acceptors (Lipinski definition) is 3. The van der Waals surface area contributed by atoms with Crippen molar-refractivity contribution in [3.05, 3.63) is 0 Å². The quantitative estimate of drug-likeness (QED) is 0.753. The molecule has 0 aromatic carbocycles. The van der Waals surface area contributed by atoms with Crippen molar-refractivity contribution in [2.45, 2.75) is 26.0 Å². The van der Waals surface area contributed by atoms with Gasteiger partial charge in [-0.25, -0.2) is 0 Å². The Morgan fingerprint density at radius 1 is 1.64 bits per heavy atom. The number of nitrogens with one attached hydrogen (secondary N) is 1. The van der Waals surface area contributed by atoms with Gasteiger partial charge in [0.2, 0.25) is 0 Å². The standard InChI is InChI=1S/C10H21BrN2O/c1-3-13-4-5-14-10(8-13)7-12-9(2)6-11/h9-10,12H,3-8H2,1-2H3. The Labute approximate surface area is 95.3 Å². The van der Waals surface area contributed by atoms with E-state index in [1.807, 2.05) is 0 Å². The van der Waals surface area contributed by atoms with Gasteiger partial charge in [0.1, 0.15) is 0 Å². The maximum Gasteiger partial charge on any atom is 0.0826 e. The van der Waals surface area contributed by atoms with Gasteiger partial charge in [0.25, 0.3) is 0 Å². The highest BCUT2D eigenvalue weighted by atomic mass is 79.9. The van der Waals surface area contributed by atoms with Crippen LogP contribution in [0.15, 0.2) is 0 Å². The third-order valence-corrected chi connectivity index (χ3v) is 3.57. The molecule has 2 unspecified atom stereocenters. The zero-order chi connectivity index (χ0) is 10.4. The molecule has 2 atom stereocenters. The Balaban J connectivity index is 2.17. The van der Waals surface area contributed by atoms with Crippen molar-refractivity contribution in [1.82, 2.24) is 10.2 Å². The van der Waals surface area contributed by atoms with E-state index >= 15 is 0 Å². The second kappa shape index (κ2) is 6.77. The van der Waals surface area contributed by atoms with Gasteiger partial charge in [0.15, 0.2) is 0 Å². The van der Waals surface area contributed by atoms with Crippen molar-refractivity contribution in [3.8, 4) is 0 Å². The summed E-state index contributed by atoms with van der Waals surface area (Å²) in [5.41, 5.74) is 0. The Morgan fingerprint density at radius 2 is 2.43 bits per heavy atom. The summed E-state index contributed by atoms with van der Waals surface area (Å²) in [6, 6.07) is 0.524. The first-order valence-corrected chi connectivity index (χ1v) is 6.51. The Kier molecular flexibility index (Phi) is 6.01. The molecule has 0 aromatic rings. The van der Waals surface area contributed by atoms with Gasteiger partial charge in [0, 0.05) is 31.0 Å². The van der Waals surface area contributed by atoms with Crippen LogP contribution in [0.4, 0.5) is 0 Å². The number of nitrogens with zero attached hydrogens (tertiary/aromatic N) is 1. The maximum absolute atomic E-state index is 5.69. The van der Waals surface area contributed by atoms with E-state index in [0.29, 0.717) is 12.1 Å². The molecule has 0 amide bonds. The van der Waals surface area contributed by atoms with E-state index in [4.69, 9.17) is 4.74 Å². The SMILES string of the molecule is CCN1CCOC(CNC(C)CBr)C1. The van der Waals surface area contributed by atoms with Crippen LogP contribution in [0.2, 0.25) is 0 Å². The lowest BCUT2D eigenvalue weighted by molar-refractivity contribution is -0.0259. The average molecular weight is 265 g/mol. The number of rotatable bonds is 5. The largest absolute Gasteiger partial charge is 0.374 e. The lowest BCUT2D eigenvalue weighted by Gasteiger charge is -2.32. The summed E-state index contributed by atoms with van der Waals surface area (Å²) in [6.07, 6.45) is 0.366. The number of likely N-dealkylation sites (N-methyl/N-ethyl adjacent to an activating group) is 1. The van der Waals surface area contributed by atoms with Crippen LogP contribution >= 0.6 is 15.9 Å². The van der Waals surface area contributed by atoms with Gasteiger partial charge in [-0.3, -0.25) is 4.90 Å². The third-order valence-electron chi connectivity index (χ3n) is 2.60. The maximum atomic E-state index is 5.69. The lowest BCUT2D eigenvalue weighted by Crippen LogP contribution is -2.47. The molecule has 0 aliphatic carbocycles. The van der Waals surface area contributed by atoms with Crippen LogP contribution < -0.4 is 5.32 Å². The van der Waals surface area contributed by atoms with Crippen molar-refractivity contribution in [3.63, 3.8) is 0 Å². The molecule has 1 rings (SSSR count). The van der Waals surface area contributed by atoms with Crippen LogP contribution in [0, 0.1) is 0 Å². The summed E-state index contributed by atoms with van der Waals surface area (Å²) in [6.45, 7) is 9.51. The lowest BCUT2D eigenvalue weighted by atomic mass is 10.2. The highest BCUT2D eigenvalue weighted by Gasteiger charge is 2.19. The van der Waals surface area contributed by atoms with E-state index in [1.165, 1.54) is 0 Å². The monoisotopic (exact) mass is 264 g/mol. The van der Waals surface area contributed by atoms with Gasteiger partial charge in [0.05, 0.1) is 12.7 Å². The van der Waals surface area contributed by atoms with Crippen LogP contribution in [0.1, 0.15) is 13.8 Å². The van der Waals surface area contributed by atoms with E-state index in [9.17, 15) is 0 Å². The molecule has 1 aliphatic heterocycles. The molecule has 14 heavy (non-hydrogen) atoms. The van der Waals surface area contributed by atoms with Crippen LogP contribution in [0.5, 0.6) is 0 Å². The molecule has 0 saturated carbocycles. The minimum Gasteiger partial charge on any atom is -0.374 e. The predicted octanol–water partition coefficient (Wildman–Crippen LogP) is 1.08. The molecular weight excluding hydrogens is 244 g/mol. The first-order chi connectivity index (χ1) is 6.76. The normalized spacial score (nSPS) is 26.4. The summed E-state index contributed by atoms with van der Waals surface area (Å²) in [7, 11) is 0. The Morgan fingerprint density at radius 3 is 3.07 bits per heavy atom. The molecule has 4 heteroatoms. The number of morpholine rings is 1.